The number of nitro groups is 1. The predicted molar refractivity (Wildman–Crippen MR) is 82.8 cm³/mol. The van der Waals surface area contributed by atoms with Crippen molar-refractivity contribution in [3.8, 4) is 0 Å². The summed E-state index contributed by atoms with van der Waals surface area (Å²) in [6.45, 7) is 0. The smallest absolute Gasteiger partial charge is 0.304 e. The summed E-state index contributed by atoms with van der Waals surface area (Å²) < 4.78 is 14.9. The van der Waals surface area contributed by atoms with Crippen molar-refractivity contribution >= 4 is 49.1 Å². The van der Waals surface area contributed by atoms with Crippen LogP contribution in [0.25, 0.3) is 0 Å². The second-order valence-electron chi connectivity index (χ2n) is 4.04. The van der Waals surface area contributed by atoms with E-state index in [1.54, 1.807) is 18.2 Å². The number of anilines is 1. The molecule has 0 fully saturated rings. The van der Waals surface area contributed by atoms with Gasteiger partial charge in [-0.15, -0.1) is 0 Å². The first-order valence-corrected chi connectivity index (χ1v) is 7.17. The van der Waals surface area contributed by atoms with Crippen LogP contribution in [-0.4, -0.2) is 10.8 Å². The van der Waals surface area contributed by atoms with Gasteiger partial charge in [-0.05, 0) is 24.3 Å². The number of nitrogens with one attached hydrogen (secondary N) is 1. The summed E-state index contributed by atoms with van der Waals surface area (Å²) in [5.74, 6) is -1.46. The molecule has 0 atom stereocenters. The van der Waals surface area contributed by atoms with E-state index in [2.05, 4.69) is 37.2 Å². The van der Waals surface area contributed by atoms with E-state index in [1.165, 1.54) is 6.07 Å². The molecule has 0 unspecified atom stereocenters. The van der Waals surface area contributed by atoms with Crippen molar-refractivity contribution in [2.45, 2.75) is 0 Å². The van der Waals surface area contributed by atoms with Crippen LogP contribution in [0.4, 0.5) is 15.8 Å². The Morgan fingerprint density at radius 2 is 1.76 bits per heavy atom. The molecule has 0 aliphatic heterocycles. The minimum Gasteiger partial charge on any atom is -0.322 e. The second kappa shape index (κ2) is 6.31. The zero-order valence-electron chi connectivity index (χ0n) is 10.3. The number of benzene rings is 2. The Morgan fingerprint density at radius 3 is 2.29 bits per heavy atom. The molecule has 2 aromatic rings. The van der Waals surface area contributed by atoms with Crippen LogP contribution >= 0.6 is 31.9 Å². The van der Waals surface area contributed by atoms with E-state index in [-0.39, 0.29) is 5.69 Å². The van der Waals surface area contributed by atoms with Crippen molar-refractivity contribution in [2.24, 2.45) is 0 Å². The van der Waals surface area contributed by atoms with E-state index in [1.807, 2.05) is 0 Å². The van der Waals surface area contributed by atoms with Crippen molar-refractivity contribution in [2.75, 3.05) is 5.32 Å². The SMILES string of the molecule is O=C(Nc1ccc([N+](=O)[O-])c(F)c1)c1cc(Br)cc(Br)c1. The second-order valence-corrected chi connectivity index (χ2v) is 5.87. The molecule has 0 spiro atoms. The molecule has 2 rings (SSSR count). The lowest BCUT2D eigenvalue weighted by atomic mass is 10.2. The molecule has 0 saturated heterocycles. The van der Waals surface area contributed by atoms with E-state index in [0.29, 0.717) is 14.5 Å². The van der Waals surface area contributed by atoms with Gasteiger partial charge in [0.2, 0.25) is 5.82 Å². The van der Waals surface area contributed by atoms with Crippen LogP contribution in [0.5, 0.6) is 0 Å². The van der Waals surface area contributed by atoms with Gasteiger partial charge in [-0.25, -0.2) is 0 Å². The number of carbonyl (C=O) groups is 1. The summed E-state index contributed by atoms with van der Waals surface area (Å²) >= 11 is 6.52. The molecular formula is C13H7Br2FN2O3. The summed E-state index contributed by atoms with van der Waals surface area (Å²) in [6.07, 6.45) is 0. The molecule has 0 aromatic heterocycles. The van der Waals surface area contributed by atoms with Crippen molar-refractivity contribution in [3.05, 3.63) is 66.8 Å². The van der Waals surface area contributed by atoms with E-state index >= 15 is 0 Å². The number of rotatable bonds is 3. The molecule has 5 nitrogen and oxygen atoms in total. The van der Waals surface area contributed by atoms with Gasteiger partial charge < -0.3 is 5.32 Å². The Labute approximate surface area is 135 Å². The number of hydrogen-bond donors (Lipinski definition) is 1. The van der Waals surface area contributed by atoms with Crippen LogP contribution in [0.3, 0.4) is 0 Å². The molecule has 1 amide bonds. The molecule has 0 saturated carbocycles. The van der Waals surface area contributed by atoms with Gasteiger partial charge in [0.25, 0.3) is 5.91 Å². The van der Waals surface area contributed by atoms with E-state index < -0.39 is 22.3 Å². The maximum atomic E-state index is 13.5. The lowest BCUT2D eigenvalue weighted by molar-refractivity contribution is -0.387. The fourth-order valence-corrected chi connectivity index (χ4v) is 2.91. The Bertz CT molecular complexity index is 717. The Morgan fingerprint density at radius 1 is 1.14 bits per heavy atom. The average Bonchev–Trinajstić information content (AvgIpc) is 2.37. The molecule has 0 aliphatic rings. The lowest BCUT2D eigenvalue weighted by Gasteiger charge is -2.06. The molecule has 0 aliphatic carbocycles. The molecule has 21 heavy (non-hydrogen) atoms. The number of nitrogens with zero attached hydrogens (tertiary/aromatic N) is 1. The van der Waals surface area contributed by atoms with Crippen LogP contribution < -0.4 is 5.32 Å². The number of amides is 1. The largest absolute Gasteiger partial charge is 0.322 e. The highest BCUT2D eigenvalue weighted by Crippen LogP contribution is 2.23. The maximum Gasteiger partial charge on any atom is 0.304 e. The van der Waals surface area contributed by atoms with Gasteiger partial charge >= 0.3 is 5.69 Å². The van der Waals surface area contributed by atoms with Gasteiger partial charge in [-0.3, -0.25) is 14.9 Å². The molecule has 8 heteroatoms. The molecule has 0 heterocycles. The van der Waals surface area contributed by atoms with Crippen molar-refractivity contribution in [1.29, 1.82) is 0 Å². The van der Waals surface area contributed by atoms with Crippen LogP contribution in [0.1, 0.15) is 10.4 Å². The standard InChI is InChI=1S/C13H7Br2FN2O3/c14-8-3-7(4-9(15)5-8)13(19)17-10-1-2-12(18(20)21)11(16)6-10/h1-6H,(H,17,19). The third kappa shape index (κ3) is 3.85. The molecule has 2 aromatic carbocycles. The molecule has 1 N–H and O–H groups in total. The Hall–Kier alpha value is -1.80. The quantitative estimate of drug-likeness (QED) is 0.589. The number of halogens is 3. The van der Waals surface area contributed by atoms with Gasteiger partial charge in [0.1, 0.15) is 0 Å². The zero-order chi connectivity index (χ0) is 15.6. The topological polar surface area (TPSA) is 72.2 Å². The highest BCUT2D eigenvalue weighted by molar-refractivity contribution is 9.11. The first-order chi connectivity index (χ1) is 9.86. The number of nitro benzene ring substituents is 1. The van der Waals surface area contributed by atoms with Crippen molar-refractivity contribution < 1.29 is 14.1 Å². The lowest BCUT2D eigenvalue weighted by Crippen LogP contribution is -2.12. The first-order valence-electron chi connectivity index (χ1n) is 5.58. The van der Waals surface area contributed by atoms with Crippen LogP contribution in [0.2, 0.25) is 0 Å². The third-order valence-corrected chi connectivity index (χ3v) is 3.44. The molecule has 108 valence electrons. The highest BCUT2D eigenvalue weighted by atomic mass is 79.9. The fraction of sp³-hybridized carbons (Fsp3) is 0. The van der Waals surface area contributed by atoms with E-state index in [9.17, 15) is 19.3 Å². The minimum atomic E-state index is -1.01. The molecule has 0 radical (unpaired) electrons. The summed E-state index contributed by atoms with van der Waals surface area (Å²) in [4.78, 5) is 21.7. The normalized spacial score (nSPS) is 10.2. The van der Waals surface area contributed by atoms with Crippen LogP contribution in [0.15, 0.2) is 45.3 Å². The minimum absolute atomic E-state index is 0.138. The van der Waals surface area contributed by atoms with Crippen molar-refractivity contribution in [3.63, 3.8) is 0 Å². The van der Waals surface area contributed by atoms with E-state index in [0.717, 1.165) is 12.1 Å². The van der Waals surface area contributed by atoms with Gasteiger partial charge in [-0.1, -0.05) is 31.9 Å². The third-order valence-electron chi connectivity index (χ3n) is 2.53. The monoisotopic (exact) mass is 416 g/mol. The maximum absolute atomic E-state index is 13.5. The highest BCUT2D eigenvalue weighted by Gasteiger charge is 2.15. The van der Waals surface area contributed by atoms with Crippen LogP contribution in [0, 0.1) is 15.9 Å². The van der Waals surface area contributed by atoms with Gasteiger partial charge in [0.05, 0.1) is 4.92 Å². The average molecular weight is 418 g/mol. The summed E-state index contributed by atoms with van der Waals surface area (Å²) in [7, 11) is 0. The number of carbonyl (C=O) groups excluding carboxylic acids is 1. The first kappa shape index (κ1) is 15.6. The fourth-order valence-electron chi connectivity index (χ4n) is 1.62. The Balaban J connectivity index is 2.23. The summed E-state index contributed by atoms with van der Waals surface area (Å²) in [6, 6.07) is 8.14. The van der Waals surface area contributed by atoms with Gasteiger partial charge in [-0.2, -0.15) is 4.39 Å². The van der Waals surface area contributed by atoms with Gasteiger partial charge in [0.15, 0.2) is 0 Å². The number of hydrogen-bond acceptors (Lipinski definition) is 3. The zero-order valence-corrected chi connectivity index (χ0v) is 13.4. The molecular weight excluding hydrogens is 411 g/mol. The Kier molecular flexibility index (Phi) is 4.69. The van der Waals surface area contributed by atoms with Crippen LogP contribution in [-0.2, 0) is 0 Å². The molecule has 0 bridgehead atoms. The van der Waals surface area contributed by atoms with E-state index in [4.69, 9.17) is 0 Å². The van der Waals surface area contributed by atoms with Gasteiger partial charge in [0, 0.05) is 32.3 Å². The summed E-state index contributed by atoms with van der Waals surface area (Å²) in [5.41, 5.74) is -0.146. The van der Waals surface area contributed by atoms with Crippen molar-refractivity contribution in [1.82, 2.24) is 0 Å². The summed E-state index contributed by atoms with van der Waals surface area (Å²) in [5, 5.41) is 13.0. The predicted octanol–water partition coefficient (Wildman–Crippen LogP) is 4.51.